The summed E-state index contributed by atoms with van der Waals surface area (Å²) in [5.41, 5.74) is 4.49. The van der Waals surface area contributed by atoms with E-state index in [9.17, 15) is 0 Å². The van der Waals surface area contributed by atoms with Gasteiger partial charge in [-0.3, -0.25) is 14.8 Å². The molecule has 2 aromatic heterocycles. The molecule has 3 heterocycles. The van der Waals surface area contributed by atoms with E-state index in [0.717, 1.165) is 39.3 Å². The van der Waals surface area contributed by atoms with Gasteiger partial charge in [0, 0.05) is 56.5 Å². The molecule has 0 amide bonds. The van der Waals surface area contributed by atoms with Crippen LogP contribution in [0.25, 0.3) is 0 Å². The molecular weight excluding hydrogens is 268 g/mol. The standard InChI is InChI=1S/C15H20N4S/c1-13-15(20-12-17-13)11-19-8-6-18(7-9-19)10-14-2-4-16-5-3-14/h2-5,12H,6-11H2,1H3. The van der Waals surface area contributed by atoms with Gasteiger partial charge in [0.05, 0.1) is 11.2 Å². The zero-order chi connectivity index (χ0) is 13.8. The van der Waals surface area contributed by atoms with Gasteiger partial charge < -0.3 is 0 Å². The van der Waals surface area contributed by atoms with Gasteiger partial charge in [-0.25, -0.2) is 4.98 Å². The van der Waals surface area contributed by atoms with E-state index in [1.165, 1.54) is 16.1 Å². The highest BCUT2D eigenvalue weighted by molar-refractivity contribution is 7.09. The summed E-state index contributed by atoms with van der Waals surface area (Å²) in [7, 11) is 0. The Balaban J connectivity index is 1.49. The van der Waals surface area contributed by atoms with E-state index >= 15 is 0 Å². The second-order valence-corrected chi connectivity index (χ2v) is 6.21. The molecule has 4 nitrogen and oxygen atoms in total. The van der Waals surface area contributed by atoms with Crippen molar-refractivity contribution in [3.63, 3.8) is 0 Å². The fraction of sp³-hybridized carbons (Fsp3) is 0.467. The molecule has 20 heavy (non-hydrogen) atoms. The van der Waals surface area contributed by atoms with E-state index < -0.39 is 0 Å². The molecule has 0 aromatic carbocycles. The number of aromatic nitrogens is 2. The first-order valence-electron chi connectivity index (χ1n) is 7.04. The minimum atomic E-state index is 1.04. The van der Waals surface area contributed by atoms with Crippen LogP contribution in [0.5, 0.6) is 0 Å². The average Bonchev–Trinajstić information content (AvgIpc) is 2.88. The van der Waals surface area contributed by atoms with Crippen molar-refractivity contribution in [1.29, 1.82) is 0 Å². The van der Waals surface area contributed by atoms with Gasteiger partial charge in [0.1, 0.15) is 0 Å². The van der Waals surface area contributed by atoms with Gasteiger partial charge in [0.25, 0.3) is 0 Å². The third-order valence-electron chi connectivity index (χ3n) is 3.83. The maximum absolute atomic E-state index is 4.33. The molecule has 0 atom stereocenters. The number of rotatable bonds is 4. The van der Waals surface area contributed by atoms with Crippen LogP contribution in [0.15, 0.2) is 30.0 Å². The molecule has 1 aliphatic rings. The minimum Gasteiger partial charge on any atom is -0.297 e. The summed E-state index contributed by atoms with van der Waals surface area (Å²) in [4.78, 5) is 14.9. The van der Waals surface area contributed by atoms with Crippen molar-refractivity contribution in [2.45, 2.75) is 20.0 Å². The number of hydrogen-bond acceptors (Lipinski definition) is 5. The minimum absolute atomic E-state index is 1.04. The topological polar surface area (TPSA) is 32.3 Å². The number of thiazole rings is 1. The first-order chi connectivity index (χ1) is 9.81. The van der Waals surface area contributed by atoms with Crippen molar-refractivity contribution in [1.82, 2.24) is 19.8 Å². The molecular formula is C15H20N4S. The Morgan fingerprint density at radius 1 is 1.05 bits per heavy atom. The second kappa shape index (κ2) is 6.43. The van der Waals surface area contributed by atoms with E-state index in [2.05, 4.69) is 38.8 Å². The van der Waals surface area contributed by atoms with E-state index in [1.807, 2.05) is 17.9 Å². The number of hydrogen-bond donors (Lipinski definition) is 0. The zero-order valence-corrected chi connectivity index (χ0v) is 12.6. The lowest BCUT2D eigenvalue weighted by Crippen LogP contribution is -2.45. The van der Waals surface area contributed by atoms with Crippen LogP contribution in [-0.2, 0) is 13.1 Å². The molecule has 0 saturated carbocycles. The van der Waals surface area contributed by atoms with Crippen LogP contribution in [0.1, 0.15) is 16.1 Å². The second-order valence-electron chi connectivity index (χ2n) is 5.27. The van der Waals surface area contributed by atoms with Crippen LogP contribution in [0, 0.1) is 6.92 Å². The van der Waals surface area contributed by atoms with E-state index in [4.69, 9.17) is 0 Å². The van der Waals surface area contributed by atoms with Crippen molar-refractivity contribution < 1.29 is 0 Å². The zero-order valence-electron chi connectivity index (χ0n) is 11.8. The van der Waals surface area contributed by atoms with Crippen LogP contribution >= 0.6 is 11.3 Å². The number of piperazine rings is 1. The monoisotopic (exact) mass is 288 g/mol. The van der Waals surface area contributed by atoms with Gasteiger partial charge >= 0.3 is 0 Å². The summed E-state index contributed by atoms with van der Waals surface area (Å²) in [5.74, 6) is 0. The van der Waals surface area contributed by atoms with Crippen molar-refractivity contribution in [3.8, 4) is 0 Å². The highest BCUT2D eigenvalue weighted by atomic mass is 32.1. The van der Waals surface area contributed by atoms with Gasteiger partial charge in [-0.05, 0) is 24.6 Å². The van der Waals surface area contributed by atoms with Gasteiger partial charge in [-0.2, -0.15) is 0 Å². The fourth-order valence-electron chi connectivity index (χ4n) is 2.53. The van der Waals surface area contributed by atoms with E-state index in [-0.39, 0.29) is 0 Å². The van der Waals surface area contributed by atoms with Crippen LogP contribution in [0.4, 0.5) is 0 Å². The fourth-order valence-corrected chi connectivity index (χ4v) is 3.35. The van der Waals surface area contributed by atoms with Crippen molar-refractivity contribution in [2.75, 3.05) is 26.2 Å². The third-order valence-corrected chi connectivity index (χ3v) is 4.75. The molecule has 1 aliphatic heterocycles. The predicted octanol–water partition coefficient (Wildman–Crippen LogP) is 2.16. The van der Waals surface area contributed by atoms with E-state index in [1.54, 1.807) is 11.3 Å². The molecule has 0 spiro atoms. The van der Waals surface area contributed by atoms with Gasteiger partial charge in [0.2, 0.25) is 0 Å². The summed E-state index contributed by atoms with van der Waals surface area (Å²) in [6, 6.07) is 4.21. The lowest BCUT2D eigenvalue weighted by Gasteiger charge is -2.34. The Kier molecular flexibility index (Phi) is 4.40. The molecule has 1 fully saturated rings. The summed E-state index contributed by atoms with van der Waals surface area (Å²) in [6.45, 7) is 8.76. The summed E-state index contributed by atoms with van der Waals surface area (Å²) in [5, 5.41) is 0. The van der Waals surface area contributed by atoms with Crippen molar-refractivity contribution in [2.24, 2.45) is 0 Å². The predicted molar refractivity (Wildman–Crippen MR) is 81.6 cm³/mol. The summed E-state index contributed by atoms with van der Waals surface area (Å²) < 4.78 is 0. The molecule has 106 valence electrons. The maximum Gasteiger partial charge on any atom is 0.0798 e. The molecule has 0 radical (unpaired) electrons. The quantitative estimate of drug-likeness (QED) is 0.863. The molecule has 5 heteroatoms. The average molecular weight is 288 g/mol. The highest BCUT2D eigenvalue weighted by Crippen LogP contribution is 2.16. The van der Waals surface area contributed by atoms with Crippen molar-refractivity contribution >= 4 is 11.3 Å². The summed E-state index contributed by atoms with van der Waals surface area (Å²) in [6.07, 6.45) is 3.75. The Morgan fingerprint density at radius 3 is 2.30 bits per heavy atom. The Bertz CT molecular complexity index is 532. The Morgan fingerprint density at radius 2 is 1.70 bits per heavy atom. The van der Waals surface area contributed by atoms with Gasteiger partial charge in [0.15, 0.2) is 0 Å². The molecule has 0 aliphatic carbocycles. The molecule has 2 aromatic rings. The maximum atomic E-state index is 4.33. The largest absolute Gasteiger partial charge is 0.297 e. The lowest BCUT2D eigenvalue weighted by molar-refractivity contribution is 0.122. The first kappa shape index (κ1) is 13.7. The number of nitrogens with zero attached hydrogens (tertiary/aromatic N) is 4. The van der Waals surface area contributed by atoms with Crippen LogP contribution in [0.2, 0.25) is 0 Å². The van der Waals surface area contributed by atoms with Crippen molar-refractivity contribution in [3.05, 3.63) is 46.2 Å². The number of aryl methyl sites for hydroxylation is 1. The SMILES string of the molecule is Cc1ncsc1CN1CCN(Cc2ccncc2)CC1. The first-order valence-corrected chi connectivity index (χ1v) is 7.92. The lowest BCUT2D eigenvalue weighted by atomic mass is 10.2. The molecule has 0 N–H and O–H groups in total. The molecule has 0 unspecified atom stereocenters. The van der Waals surface area contributed by atoms with Crippen LogP contribution < -0.4 is 0 Å². The van der Waals surface area contributed by atoms with Gasteiger partial charge in [-0.1, -0.05) is 0 Å². The summed E-state index contributed by atoms with van der Waals surface area (Å²) >= 11 is 1.77. The van der Waals surface area contributed by atoms with E-state index in [0.29, 0.717) is 0 Å². The Labute approximate surface area is 124 Å². The Hall–Kier alpha value is -1.30. The number of pyridine rings is 1. The molecule has 1 saturated heterocycles. The molecule has 3 rings (SSSR count). The highest BCUT2D eigenvalue weighted by Gasteiger charge is 2.18. The van der Waals surface area contributed by atoms with Crippen LogP contribution in [0.3, 0.4) is 0 Å². The van der Waals surface area contributed by atoms with Crippen LogP contribution in [-0.4, -0.2) is 45.9 Å². The normalized spacial score (nSPS) is 17.4. The molecule has 0 bridgehead atoms. The van der Waals surface area contributed by atoms with Gasteiger partial charge in [-0.15, -0.1) is 11.3 Å². The smallest absolute Gasteiger partial charge is 0.0798 e. The third kappa shape index (κ3) is 3.42.